The number of carbonyl (C=O) groups is 1. The van der Waals surface area contributed by atoms with Crippen molar-refractivity contribution in [2.24, 2.45) is 0 Å². The summed E-state index contributed by atoms with van der Waals surface area (Å²) in [6, 6.07) is 20.9. The number of thioether (sulfide) groups is 1. The van der Waals surface area contributed by atoms with Gasteiger partial charge in [-0.3, -0.25) is 9.69 Å². The van der Waals surface area contributed by atoms with Crippen molar-refractivity contribution >= 4 is 51.9 Å². The molecule has 0 bridgehead atoms. The minimum Gasteiger partial charge on any atom is -0.493 e. The molecule has 1 amide bonds. The van der Waals surface area contributed by atoms with Gasteiger partial charge in [-0.15, -0.1) is 0 Å². The van der Waals surface area contributed by atoms with Crippen molar-refractivity contribution < 1.29 is 19.0 Å². The summed E-state index contributed by atoms with van der Waals surface area (Å²) in [5.41, 5.74) is 2.73. The summed E-state index contributed by atoms with van der Waals surface area (Å²) in [6.45, 7) is 0.805. The second kappa shape index (κ2) is 11.6. The van der Waals surface area contributed by atoms with Crippen molar-refractivity contribution in [3.05, 3.63) is 93.3 Å². The highest BCUT2D eigenvalue weighted by atomic mass is 35.5. The summed E-state index contributed by atoms with van der Waals surface area (Å²) in [5, 5.41) is 0.653. The number of thiocarbonyl (C=S) groups is 1. The predicted molar refractivity (Wildman–Crippen MR) is 145 cm³/mol. The van der Waals surface area contributed by atoms with Crippen LogP contribution in [0.5, 0.6) is 17.2 Å². The molecule has 3 aromatic carbocycles. The van der Waals surface area contributed by atoms with Crippen molar-refractivity contribution in [1.82, 2.24) is 4.90 Å². The quantitative estimate of drug-likeness (QED) is 0.238. The van der Waals surface area contributed by atoms with E-state index in [1.807, 2.05) is 72.8 Å². The maximum Gasteiger partial charge on any atom is 0.266 e. The fraction of sp³-hybridized carbons (Fsp3) is 0.185. The number of hydrogen-bond donors (Lipinski definition) is 0. The summed E-state index contributed by atoms with van der Waals surface area (Å²) in [5.74, 6) is 1.88. The number of hydrogen-bond acceptors (Lipinski definition) is 6. The zero-order chi connectivity index (χ0) is 24.8. The summed E-state index contributed by atoms with van der Waals surface area (Å²) in [7, 11) is 3.20. The minimum absolute atomic E-state index is 0.110. The average molecular weight is 526 g/mol. The zero-order valence-corrected chi connectivity index (χ0v) is 21.7. The lowest BCUT2D eigenvalue weighted by molar-refractivity contribution is -0.122. The molecule has 35 heavy (non-hydrogen) atoms. The van der Waals surface area contributed by atoms with E-state index in [0.717, 1.165) is 16.7 Å². The molecule has 0 unspecified atom stereocenters. The normalized spacial score (nSPS) is 14.5. The number of para-hydroxylation sites is 1. The summed E-state index contributed by atoms with van der Waals surface area (Å²) in [4.78, 5) is 15.3. The number of methoxy groups -OCH3 is 2. The molecular weight excluding hydrogens is 502 g/mol. The standard InChI is InChI=1S/C27H24ClNO4S2/c1-31-23-12-11-18(15-24(23)32-2)13-14-29-26(30)25(35-27(29)34)16-19-7-4-6-10-22(19)33-17-20-8-3-5-9-21(20)28/h3-12,15-16H,13-14,17H2,1-2H3/b25-16-. The van der Waals surface area contributed by atoms with Crippen LogP contribution in [0.3, 0.4) is 0 Å². The fourth-order valence-corrected chi connectivity index (χ4v) is 5.10. The Labute approximate surface area is 219 Å². The van der Waals surface area contributed by atoms with E-state index in [9.17, 15) is 4.79 Å². The van der Waals surface area contributed by atoms with Gasteiger partial charge in [0.1, 0.15) is 16.7 Å². The highest BCUT2D eigenvalue weighted by Gasteiger charge is 2.32. The third kappa shape index (κ3) is 5.99. The number of ether oxygens (including phenoxy) is 3. The molecule has 1 saturated heterocycles. The molecule has 0 spiro atoms. The molecule has 0 N–H and O–H groups in total. The molecule has 0 aromatic heterocycles. The first-order chi connectivity index (χ1) is 17.0. The molecule has 4 rings (SSSR count). The molecule has 180 valence electrons. The van der Waals surface area contributed by atoms with Crippen molar-refractivity contribution in [2.75, 3.05) is 20.8 Å². The highest BCUT2D eigenvalue weighted by Crippen LogP contribution is 2.35. The van der Waals surface area contributed by atoms with Crippen LogP contribution in [0.4, 0.5) is 0 Å². The Morgan fingerprint density at radius 2 is 1.71 bits per heavy atom. The largest absolute Gasteiger partial charge is 0.493 e. The minimum atomic E-state index is -0.110. The highest BCUT2D eigenvalue weighted by molar-refractivity contribution is 8.26. The SMILES string of the molecule is COc1ccc(CCN2C(=O)/C(=C/c3ccccc3OCc3ccccc3Cl)SC2=S)cc1OC. The maximum atomic E-state index is 13.1. The van der Waals surface area contributed by atoms with E-state index in [2.05, 4.69) is 0 Å². The Morgan fingerprint density at radius 3 is 2.49 bits per heavy atom. The van der Waals surface area contributed by atoms with E-state index in [0.29, 0.717) is 51.1 Å². The number of nitrogens with zero attached hydrogens (tertiary/aromatic N) is 1. The topological polar surface area (TPSA) is 48.0 Å². The van der Waals surface area contributed by atoms with E-state index >= 15 is 0 Å². The second-order valence-electron chi connectivity index (χ2n) is 7.69. The van der Waals surface area contributed by atoms with E-state index in [1.54, 1.807) is 19.1 Å². The van der Waals surface area contributed by atoms with Gasteiger partial charge in [-0.05, 0) is 42.3 Å². The molecule has 0 radical (unpaired) electrons. The second-order valence-corrected chi connectivity index (χ2v) is 9.77. The molecule has 3 aromatic rings. The van der Waals surface area contributed by atoms with Crippen molar-refractivity contribution in [1.29, 1.82) is 0 Å². The van der Waals surface area contributed by atoms with Gasteiger partial charge in [0.2, 0.25) is 0 Å². The predicted octanol–water partition coefficient (Wildman–Crippen LogP) is 6.38. The van der Waals surface area contributed by atoms with Gasteiger partial charge in [0.05, 0.1) is 19.1 Å². The lowest BCUT2D eigenvalue weighted by Gasteiger charge is -2.15. The van der Waals surface area contributed by atoms with Crippen molar-refractivity contribution in [2.45, 2.75) is 13.0 Å². The van der Waals surface area contributed by atoms with Crippen LogP contribution in [0.1, 0.15) is 16.7 Å². The van der Waals surface area contributed by atoms with Crippen LogP contribution < -0.4 is 14.2 Å². The molecule has 0 saturated carbocycles. The van der Waals surface area contributed by atoms with Gasteiger partial charge >= 0.3 is 0 Å². The Bertz CT molecular complexity index is 1280. The monoisotopic (exact) mass is 525 g/mol. The Hall–Kier alpha value is -3.00. The van der Waals surface area contributed by atoms with E-state index in [1.165, 1.54) is 11.8 Å². The van der Waals surface area contributed by atoms with Crippen molar-refractivity contribution in [3.63, 3.8) is 0 Å². The molecule has 1 fully saturated rings. The van der Waals surface area contributed by atoms with E-state index < -0.39 is 0 Å². The number of rotatable bonds is 9. The zero-order valence-electron chi connectivity index (χ0n) is 19.3. The third-order valence-corrected chi connectivity index (χ3v) is 7.24. The molecular formula is C27H24ClNO4S2. The third-order valence-electron chi connectivity index (χ3n) is 5.49. The number of amides is 1. The summed E-state index contributed by atoms with van der Waals surface area (Å²) < 4.78 is 17.2. The van der Waals surface area contributed by atoms with Gasteiger partial charge in [0, 0.05) is 22.7 Å². The molecule has 0 aliphatic carbocycles. The van der Waals surface area contributed by atoms with Gasteiger partial charge in [-0.25, -0.2) is 0 Å². The van der Waals surface area contributed by atoms with E-state index in [-0.39, 0.29) is 5.91 Å². The lowest BCUT2D eigenvalue weighted by atomic mass is 10.1. The molecule has 8 heteroatoms. The summed E-state index contributed by atoms with van der Waals surface area (Å²) in [6.07, 6.45) is 2.47. The van der Waals surface area contributed by atoms with Crippen LogP contribution in [-0.2, 0) is 17.8 Å². The van der Waals surface area contributed by atoms with Crippen LogP contribution in [0.25, 0.3) is 6.08 Å². The number of benzene rings is 3. The smallest absolute Gasteiger partial charge is 0.266 e. The molecule has 1 aliphatic heterocycles. The van der Waals surface area contributed by atoms with Crippen molar-refractivity contribution in [3.8, 4) is 17.2 Å². The Morgan fingerprint density at radius 1 is 0.971 bits per heavy atom. The molecule has 1 heterocycles. The van der Waals surface area contributed by atoms with Gasteiger partial charge in [0.15, 0.2) is 11.5 Å². The number of carbonyl (C=O) groups excluding carboxylic acids is 1. The average Bonchev–Trinajstić information content (AvgIpc) is 3.14. The van der Waals surface area contributed by atoms with Crippen LogP contribution in [0.15, 0.2) is 71.6 Å². The maximum absolute atomic E-state index is 13.1. The molecule has 0 atom stereocenters. The van der Waals surface area contributed by atoms with Gasteiger partial charge in [-0.2, -0.15) is 0 Å². The fourth-order valence-electron chi connectivity index (χ4n) is 3.61. The van der Waals surface area contributed by atoms with Gasteiger partial charge in [-0.1, -0.05) is 78.0 Å². The van der Waals surface area contributed by atoms with Crippen LogP contribution in [0, 0.1) is 0 Å². The molecule has 1 aliphatic rings. The van der Waals surface area contributed by atoms with Crippen LogP contribution in [0.2, 0.25) is 5.02 Å². The first kappa shape index (κ1) is 25.1. The van der Waals surface area contributed by atoms with Crippen LogP contribution in [-0.4, -0.2) is 35.9 Å². The van der Waals surface area contributed by atoms with E-state index in [4.69, 9.17) is 38.0 Å². The first-order valence-electron chi connectivity index (χ1n) is 10.9. The lowest BCUT2D eigenvalue weighted by Crippen LogP contribution is -2.30. The van der Waals surface area contributed by atoms with Gasteiger partial charge in [0.25, 0.3) is 5.91 Å². The van der Waals surface area contributed by atoms with Gasteiger partial charge < -0.3 is 14.2 Å². The first-order valence-corrected chi connectivity index (χ1v) is 12.5. The number of halogens is 1. The summed E-state index contributed by atoms with van der Waals surface area (Å²) >= 11 is 13.1. The Kier molecular flexibility index (Phi) is 8.33. The Balaban J connectivity index is 1.46. The van der Waals surface area contributed by atoms with Crippen LogP contribution >= 0.6 is 35.6 Å². The molecule has 5 nitrogen and oxygen atoms in total.